The molecule has 0 aromatic carbocycles. The molecule has 1 aliphatic carbocycles. The fourth-order valence-corrected chi connectivity index (χ4v) is 4.14. The third-order valence-corrected chi connectivity index (χ3v) is 5.57. The average molecular weight is 366 g/mol. The molecule has 2 unspecified atom stereocenters. The quantitative estimate of drug-likeness (QED) is 0.871. The van der Waals surface area contributed by atoms with Crippen molar-refractivity contribution in [3.8, 4) is 11.4 Å². The molecule has 3 aliphatic rings. The second-order valence-electron chi connectivity index (χ2n) is 7.48. The Kier molecular flexibility index (Phi) is 4.06. The van der Waals surface area contributed by atoms with Crippen LogP contribution >= 0.6 is 0 Å². The lowest BCUT2D eigenvalue weighted by molar-refractivity contribution is 0.200. The molecule has 6 nitrogen and oxygen atoms in total. The zero-order chi connectivity index (χ0) is 18.4. The maximum absolute atomic E-state index is 13.5. The summed E-state index contributed by atoms with van der Waals surface area (Å²) in [5.41, 5.74) is 12.9. The molecule has 0 fully saturated rings. The lowest BCUT2D eigenvalue weighted by Gasteiger charge is -2.30. The smallest absolute Gasteiger partial charge is 0.124 e. The number of alkyl halides is 1. The number of nitrogens with zero attached hydrogens (tertiary/aromatic N) is 4. The van der Waals surface area contributed by atoms with E-state index < -0.39 is 6.17 Å². The maximum Gasteiger partial charge on any atom is 0.124 e. The molecule has 0 bridgehead atoms. The van der Waals surface area contributed by atoms with Crippen molar-refractivity contribution in [3.05, 3.63) is 59.1 Å². The van der Waals surface area contributed by atoms with Crippen molar-refractivity contribution in [2.24, 2.45) is 0 Å². The van der Waals surface area contributed by atoms with Crippen LogP contribution in [0.15, 0.2) is 47.8 Å². The Morgan fingerprint density at radius 3 is 3.15 bits per heavy atom. The molecule has 5 rings (SSSR count). The van der Waals surface area contributed by atoms with Gasteiger partial charge in [-0.2, -0.15) is 5.10 Å². The summed E-state index contributed by atoms with van der Waals surface area (Å²) in [6.45, 7) is 5.63. The van der Waals surface area contributed by atoms with E-state index in [2.05, 4.69) is 44.5 Å². The van der Waals surface area contributed by atoms with Gasteiger partial charge in [0.1, 0.15) is 11.9 Å². The van der Waals surface area contributed by atoms with Crippen molar-refractivity contribution in [1.82, 2.24) is 30.5 Å². The highest BCUT2D eigenvalue weighted by Crippen LogP contribution is 2.27. The van der Waals surface area contributed by atoms with E-state index in [9.17, 15) is 4.39 Å². The molecular formula is C20H23FN6. The van der Waals surface area contributed by atoms with Gasteiger partial charge in [0.05, 0.1) is 24.0 Å². The largest absolute Gasteiger partial charge is 0.325 e. The topological polar surface area (TPSA) is 58.0 Å². The molecule has 0 spiro atoms. The molecule has 4 heterocycles. The van der Waals surface area contributed by atoms with Crippen molar-refractivity contribution in [1.29, 1.82) is 0 Å². The maximum atomic E-state index is 13.5. The van der Waals surface area contributed by atoms with Crippen LogP contribution in [0.3, 0.4) is 0 Å². The molecule has 0 saturated carbocycles. The van der Waals surface area contributed by atoms with Crippen LogP contribution in [0.25, 0.3) is 11.4 Å². The number of aromatic nitrogens is 3. The Labute approximate surface area is 157 Å². The second-order valence-corrected chi connectivity index (χ2v) is 7.48. The molecule has 0 amide bonds. The zero-order valence-electron chi connectivity index (χ0n) is 15.3. The third-order valence-electron chi connectivity index (χ3n) is 5.57. The number of halogens is 1. The summed E-state index contributed by atoms with van der Waals surface area (Å²) in [5, 5.41) is 4.76. The molecule has 140 valence electrons. The van der Waals surface area contributed by atoms with E-state index in [-0.39, 0.29) is 6.04 Å². The van der Waals surface area contributed by atoms with Crippen molar-refractivity contribution in [2.45, 2.75) is 38.6 Å². The van der Waals surface area contributed by atoms with E-state index in [0.717, 1.165) is 48.8 Å². The van der Waals surface area contributed by atoms with Crippen molar-refractivity contribution in [3.63, 3.8) is 0 Å². The minimum Gasteiger partial charge on any atom is -0.325 e. The standard InChI is InChI=1S/C20H23FN6/c1-13-3-2-6-22-20(13)18-10-15-11-26(7-8-27(15)25-18)12-19-16-5-4-14(21)9-17(16)23-24-19/h2-6,10,14,19,23-24H,7-9,11-12H2,1H3. The first kappa shape index (κ1) is 16.6. The van der Waals surface area contributed by atoms with Gasteiger partial charge in [-0.05, 0) is 36.3 Å². The van der Waals surface area contributed by atoms with Gasteiger partial charge in [0.15, 0.2) is 0 Å². The predicted octanol–water partition coefficient (Wildman–Crippen LogP) is 2.10. The average Bonchev–Trinajstić information content (AvgIpc) is 3.25. The summed E-state index contributed by atoms with van der Waals surface area (Å²) in [7, 11) is 0. The number of nitrogens with one attached hydrogen (secondary N) is 2. The van der Waals surface area contributed by atoms with E-state index in [1.165, 1.54) is 11.3 Å². The van der Waals surface area contributed by atoms with Gasteiger partial charge in [-0.1, -0.05) is 12.1 Å². The lowest BCUT2D eigenvalue weighted by atomic mass is 9.98. The summed E-state index contributed by atoms with van der Waals surface area (Å²) in [6, 6.07) is 6.36. The van der Waals surface area contributed by atoms with E-state index in [1.54, 1.807) is 6.08 Å². The highest BCUT2D eigenvalue weighted by Gasteiger charge is 2.30. The fourth-order valence-electron chi connectivity index (χ4n) is 4.14. The van der Waals surface area contributed by atoms with Gasteiger partial charge in [0.2, 0.25) is 0 Å². The van der Waals surface area contributed by atoms with Gasteiger partial charge < -0.3 is 5.43 Å². The molecule has 0 radical (unpaired) electrons. The Morgan fingerprint density at radius 1 is 1.33 bits per heavy atom. The van der Waals surface area contributed by atoms with Crippen LogP contribution in [0.4, 0.5) is 4.39 Å². The fraction of sp³-hybridized carbons (Fsp3) is 0.400. The van der Waals surface area contributed by atoms with E-state index in [4.69, 9.17) is 5.10 Å². The van der Waals surface area contributed by atoms with Crippen LogP contribution in [-0.2, 0) is 13.1 Å². The number of allylic oxidation sites excluding steroid dienone is 2. The number of rotatable bonds is 3. The highest BCUT2D eigenvalue weighted by atomic mass is 19.1. The van der Waals surface area contributed by atoms with E-state index in [1.807, 2.05) is 18.3 Å². The van der Waals surface area contributed by atoms with Gasteiger partial charge in [0, 0.05) is 37.9 Å². The first-order chi connectivity index (χ1) is 13.2. The normalized spacial score (nSPS) is 24.7. The van der Waals surface area contributed by atoms with Gasteiger partial charge in [-0.25, -0.2) is 9.82 Å². The van der Waals surface area contributed by atoms with Gasteiger partial charge >= 0.3 is 0 Å². The number of hydrazine groups is 1. The van der Waals surface area contributed by atoms with Gasteiger partial charge in [-0.15, -0.1) is 0 Å². The van der Waals surface area contributed by atoms with E-state index >= 15 is 0 Å². The van der Waals surface area contributed by atoms with Crippen LogP contribution < -0.4 is 10.9 Å². The van der Waals surface area contributed by atoms with Crippen LogP contribution in [0.5, 0.6) is 0 Å². The Bertz CT molecular complexity index is 930. The number of hydrogen-bond acceptors (Lipinski definition) is 5. The summed E-state index contributed by atoms with van der Waals surface area (Å²) in [4.78, 5) is 6.92. The summed E-state index contributed by atoms with van der Waals surface area (Å²) < 4.78 is 15.6. The molecular weight excluding hydrogens is 343 g/mol. The van der Waals surface area contributed by atoms with Gasteiger partial charge in [0.25, 0.3) is 0 Å². The first-order valence-corrected chi connectivity index (χ1v) is 9.45. The number of fused-ring (bicyclic) bond motifs is 1. The molecule has 0 saturated heterocycles. The highest BCUT2D eigenvalue weighted by molar-refractivity contribution is 5.58. The molecule has 27 heavy (non-hydrogen) atoms. The Morgan fingerprint density at radius 2 is 2.26 bits per heavy atom. The monoisotopic (exact) mass is 366 g/mol. The number of hydrogen-bond donors (Lipinski definition) is 2. The van der Waals surface area contributed by atoms with Gasteiger partial charge in [-0.3, -0.25) is 14.6 Å². The summed E-state index contributed by atoms with van der Waals surface area (Å²) >= 11 is 0. The Hall–Kier alpha value is -2.51. The predicted molar refractivity (Wildman–Crippen MR) is 101 cm³/mol. The molecule has 2 N–H and O–H groups in total. The van der Waals surface area contributed by atoms with Crippen molar-refractivity contribution >= 4 is 0 Å². The SMILES string of the molecule is Cc1cccnc1-c1cc2n(n1)CCN(CC1NNC3=C1C=CC(F)C3)C2. The second kappa shape index (κ2) is 6.58. The van der Waals surface area contributed by atoms with E-state index in [0.29, 0.717) is 6.42 Å². The number of aryl methyl sites for hydroxylation is 1. The number of pyridine rings is 1. The van der Waals surface area contributed by atoms with Crippen LogP contribution in [0.2, 0.25) is 0 Å². The zero-order valence-corrected chi connectivity index (χ0v) is 15.3. The molecule has 2 aliphatic heterocycles. The van der Waals surface area contributed by atoms with Crippen LogP contribution in [-0.4, -0.2) is 45.0 Å². The van der Waals surface area contributed by atoms with Crippen LogP contribution in [0.1, 0.15) is 17.7 Å². The Balaban J connectivity index is 1.31. The summed E-state index contributed by atoms with van der Waals surface area (Å²) in [5.74, 6) is 0. The first-order valence-electron chi connectivity index (χ1n) is 9.45. The molecule has 2 aromatic rings. The minimum absolute atomic E-state index is 0.190. The van der Waals surface area contributed by atoms with Crippen LogP contribution in [0, 0.1) is 6.92 Å². The summed E-state index contributed by atoms with van der Waals surface area (Å²) in [6.07, 6.45) is 4.96. The third kappa shape index (κ3) is 3.07. The van der Waals surface area contributed by atoms with Crippen molar-refractivity contribution < 1.29 is 4.39 Å². The molecule has 2 aromatic heterocycles. The molecule has 7 heteroatoms. The molecule has 2 atom stereocenters. The van der Waals surface area contributed by atoms with Crippen molar-refractivity contribution in [2.75, 3.05) is 13.1 Å². The lowest BCUT2D eigenvalue weighted by Crippen LogP contribution is -2.44. The minimum atomic E-state index is -0.880.